The predicted molar refractivity (Wildman–Crippen MR) is 84.1 cm³/mol. The van der Waals surface area contributed by atoms with E-state index < -0.39 is 0 Å². The normalized spacial score (nSPS) is 16.1. The zero-order valence-corrected chi connectivity index (χ0v) is 12.5. The average molecular weight is 275 g/mol. The number of hydrogen-bond acceptors (Lipinski definition) is 3. The first-order valence-corrected chi connectivity index (χ1v) is 7.53. The van der Waals surface area contributed by atoms with Crippen molar-refractivity contribution in [3.8, 4) is 0 Å². The molecule has 20 heavy (non-hydrogen) atoms. The minimum absolute atomic E-state index is 0.0356. The molecule has 110 valence electrons. The summed E-state index contributed by atoms with van der Waals surface area (Å²) in [6.45, 7) is 5.98. The van der Waals surface area contributed by atoms with Crippen LogP contribution in [0.1, 0.15) is 49.9 Å². The maximum Gasteiger partial charge on any atom is 0.253 e. The van der Waals surface area contributed by atoms with Crippen LogP contribution in [0, 0.1) is 0 Å². The van der Waals surface area contributed by atoms with Gasteiger partial charge >= 0.3 is 0 Å². The van der Waals surface area contributed by atoms with Crippen LogP contribution in [-0.2, 0) is 0 Å². The van der Waals surface area contributed by atoms with E-state index in [-0.39, 0.29) is 11.9 Å². The van der Waals surface area contributed by atoms with Gasteiger partial charge in [-0.1, -0.05) is 12.8 Å². The Labute approximate surface area is 121 Å². The first-order valence-electron chi connectivity index (χ1n) is 7.53. The Balaban J connectivity index is 2.29. The van der Waals surface area contributed by atoms with Crippen molar-refractivity contribution in [2.45, 2.75) is 45.6 Å². The second-order valence-corrected chi connectivity index (χ2v) is 5.81. The fourth-order valence-corrected chi connectivity index (χ4v) is 2.66. The fourth-order valence-electron chi connectivity index (χ4n) is 2.66. The van der Waals surface area contributed by atoms with Gasteiger partial charge in [0.1, 0.15) is 0 Å². The summed E-state index contributed by atoms with van der Waals surface area (Å²) in [6.07, 6.45) is 4.93. The maximum absolute atomic E-state index is 12.4. The smallest absolute Gasteiger partial charge is 0.253 e. The van der Waals surface area contributed by atoms with Crippen LogP contribution in [0.2, 0.25) is 0 Å². The highest BCUT2D eigenvalue weighted by molar-refractivity contribution is 6.00. The van der Waals surface area contributed by atoms with Crippen LogP contribution in [-0.4, -0.2) is 25.0 Å². The van der Waals surface area contributed by atoms with Gasteiger partial charge in [0.05, 0.1) is 5.56 Å². The van der Waals surface area contributed by atoms with E-state index >= 15 is 0 Å². The highest BCUT2D eigenvalue weighted by atomic mass is 16.1. The van der Waals surface area contributed by atoms with Gasteiger partial charge in [0.15, 0.2) is 0 Å². The fraction of sp³-hybridized carbons (Fsp3) is 0.562. The van der Waals surface area contributed by atoms with E-state index in [9.17, 15) is 4.79 Å². The summed E-state index contributed by atoms with van der Waals surface area (Å²) in [4.78, 5) is 14.7. The third kappa shape index (κ3) is 3.65. The second-order valence-electron chi connectivity index (χ2n) is 5.81. The van der Waals surface area contributed by atoms with Crippen LogP contribution < -0.4 is 16.0 Å². The zero-order valence-electron chi connectivity index (χ0n) is 12.5. The topological polar surface area (TPSA) is 58.4 Å². The molecule has 0 aromatic heterocycles. The van der Waals surface area contributed by atoms with Crippen LogP contribution in [0.4, 0.5) is 11.4 Å². The number of nitrogen functional groups attached to an aromatic ring is 1. The molecule has 0 aliphatic carbocycles. The summed E-state index contributed by atoms with van der Waals surface area (Å²) in [7, 11) is 0. The van der Waals surface area contributed by atoms with Crippen molar-refractivity contribution < 1.29 is 4.79 Å². The van der Waals surface area contributed by atoms with Crippen molar-refractivity contribution in [3.05, 3.63) is 23.8 Å². The molecule has 2 rings (SSSR count). The molecule has 0 atom stereocenters. The molecule has 1 saturated heterocycles. The van der Waals surface area contributed by atoms with E-state index in [1.54, 1.807) is 6.07 Å². The van der Waals surface area contributed by atoms with E-state index in [1.807, 2.05) is 26.0 Å². The number of rotatable bonds is 3. The molecule has 1 amide bonds. The molecule has 1 aromatic rings. The molecule has 0 radical (unpaired) electrons. The molecule has 0 unspecified atom stereocenters. The number of carbonyl (C=O) groups is 1. The zero-order chi connectivity index (χ0) is 14.5. The standard InChI is InChI=1S/C16H25N3O/c1-12(2)18-16(20)14-11-13(17)7-8-15(14)19-9-5-3-4-6-10-19/h7-8,11-12H,3-6,9-10,17H2,1-2H3,(H,18,20). The van der Waals surface area contributed by atoms with Crippen LogP contribution in [0.5, 0.6) is 0 Å². The van der Waals surface area contributed by atoms with Gasteiger partial charge in [-0.05, 0) is 44.9 Å². The van der Waals surface area contributed by atoms with Crippen molar-refractivity contribution in [2.24, 2.45) is 0 Å². The number of nitrogens with one attached hydrogen (secondary N) is 1. The number of nitrogens with zero attached hydrogens (tertiary/aromatic N) is 1. The van der Waals surface area contributed by atoms with E-state index in [0.29, 0.717) is 11.3 Å². The Morgan fingerprint density at radius 3 is 2.45 bits per heavy atom. The van der Waals surface area contributed by atoms with Gasteiger partial charge in [0.2, 0.25) is 0 Å². The van der Waals surface area contributed by atoms with Crippen LogP contribution in [0.15, 0.2) is 18.2 Å². The molecule has 4 heteroatoms. The summed E-state index contributed by atoms with van der Waals surface area (Å²) in [6, 6.07) is 5.78. The highest BCUT2D eigenvalue weighted by Crippen LogP contribution is 2.26. The summed E-state index contributed by atoms with van der Waals surface area (Å²) in [5, 5.41) is 2.96. The SMILES string of the molecule is CC(C)NC(=O)c1cc(N)ccc1N1CCCCCC1. The second kappa shape index (κ2) is 6.64. The molecule has 1 aliphatic heterocycles. The molecule has 4 nitrogen and oxygen atoms in total. The average Bonchev–Trinajstić information content (AvgIpc) is 2.66. The predicted octanol–water partition coefficient (Wildman–Crippen LogP) is 2.79. The number of anilines is 2. The lowest BCUT2D eigenvalue weighted by molar-refractivity contribution is 0.0943. The van der Waals surface area contributed by atoms with Crippen molar-refractivity contribution in [1.82, 2.24) is 5.32 Å². The maximum atomic E-state index is 12.4. The number of nitrogens with two attached hydrogens (primary N) is 1. The van der Waals surface area contributed by atoms with Crippen LogP contribution in [0.3, 0.4) is 0 Å². The molecular weight excluding hydrogens is 250 g/mol. The van der Waals surface area contributed by atoms with E-state index in [2.05, 4.69) is 10.2 Å². The quantitative estimate of drug-likeness (QED) is 0.834. The Bertz CT molecular complexity index is 463. The summed E-state index contributed by atoms with van der Waals surface area (Å²) in [5.41, 5.74) is 8.20. The monoisotopic (exact) mass is 275 g/mol. The lowest BCUT2D eigenvalue weighted by atomic mass is 10.1. The van der Waals surface area contributed by atoms with Gasteiger partial charge in [0.25, 0.3) is 5.91 Å². The lowest BCUT2D eigenvalue weighted by Crippen LogP contribution is -2.33. The summed E-state index contributed by atoms with van der Waals surface area (Å²) < 4.78 is 0. The molecule has 1 aromatic carbocycles. The van der Waals surface area contributed by atoms with Crippen molar-refractivity contribution in [3.63, 3.8) is 0 Å². The minimum Gasteiger partial charge on any atom is -0.399 e. The third-order valence-electron chi connectivity index (χ3n) is 3.63. The third-order valence-corrected chi connectivity index (χ3v) is 3.63. The Kier molecular flexibility index (Phi) is 4.88. The molecule has 0 bridgehead atoms. The summed E-state index contributed by atoms with van der Waals surface area (Å²) in [5.74, 6) is -0.0356. The van der Waals surface area contributed by atoms with Crippen LogP contribution >= 0.6 is 0 Å². The Hall–Kier alpha value is -1.71. The Morgan fingerprint density at radius 2 is 1.85 bits per heavy atom. The molecule has 0 spiro atoms. The number of carbonyl (C=O) groups excluding carboxylic acids is 1. The van der Waals surface area contributed by atoms with E-state index in [1.165, 1.54) is 25.7 Å². The van der Waals surface area contributed by atoms with E-state index in [0.717, 1.165) is 18.8 Å². The van der Waals surface area contributed by atoms with Crippen molar-refractivity contribution >= 4 is 17.3 Å². The first kappa shape index (κ1) is 14.7. The molecule has 1 fully saturated rings. The number of benzene rings is 1. The molecule has 0 saturated carbocycles. The minimum atomic E-state index is -0.0356. The summed E-state index contributed by atoms with van der Waals surface area (Å²) >= 11 is 0. The van der Waals surface area contributed by atoms with Gasteiger partial charge in [-0.25, -0.2) is 0 Å². The van der Waals surface area contributed by atoms with Crippen LogP contribution in [0.25, 0.3) is 0 Å². The van der Waals surface area contributed by atoms with E-state index in [4.69, 9.17) is 5.73 Å². The van der Waals surface area contributed by atoms with Gasteiger partial charge in [-0.2, -0.15) is 0 Å². The van der Waals surface area contributed by atoms with Crippen molar-refractivity contribution in [2.75, 3.05) is 23.7 Å². The van der Waals surface area contributed by atoms with Gasteiger partial charge < -0.3 is 16.0 Å². The van der Waals surface area contributed by atoms with Gasteiger partial charge in [0, 0.05) is 30.5 Å². The molecule has 3 N–H and O–H groups in total. The number of hydrogen-bond donors (Lipinski definition) is 2. The molecular formula is C16H25N3O. The Morgan fingerprint density at radius 1 is 1.20 bits per heavy atom. The van der Waals surface area contributed by atoms with Gasteiger partial charge in [-0.15, -0.1) is 0 Å². The largest absolute Gasteiger partial charge is 0.399 e. The highest BCUT2D eigenvalue weighted by Gasteiger charge is 2.18. The number of amides is 1. The van der Waals surface area contributed by atoms with Crippen molar-refractivity contribution in [1.29, 1.82) is 0 Å². The lowest BCUT2D eigenvalue weighted by Gasteiger charge is -2.25. The first-order chi connectivity index (χ1) is 9.58. The van der Waals surface area contributed by atoms with Gasteiger partial charge in [-0.3, -0.25) is 4.79 Å². The molecule has 1 aliphatic rings. The molecule has 1 heterocycles.